The highest BCUT2D eigenvalue weighted by Gasteiger charge is 2.16. The zero-order valence-corrected chi connectivity index (χ0v) is 21.1. The smallest absolute Gasteiger partial charge is 0.159 e. The Morgan fingerprint density at radius 3 is 2.70 bits per heavy atom. The molecule has 0 saturated heterocycles. The maximum atomic E-state index is 14.5. The van der Waals surface area contributed by atoms with Crippen molar-refractivity contribution in [2.45, 2.75) is 20.8 Å². The number of allylic oxidation sites excluding steroid dienone is 2. The molecule has 0 aliphatic heterocycles. The van der Waals surface area contributed by atoms with Crippen molar-refractivity contribution in [3.63, 3.8) is 0 Å². The molecule has 2 aromatic heterocycles. The summed E-state index contributed by atoms with van der Waals surface area (Å²) >= 11 is 0. The fourth-order valence-electron chi connectivity index (χ4n) is 4.29. The van der Waals surface area contributed by atoms with Gasteiger partial charge in [0.2, 0.25) is 0 Å². The normalized spacial score (nSPS) is 12.9. The van der Waals surface area contributed by atoms with Crippen LogP contribution in [0, 0.1) is 5.82 Å². The van der Waals surface area contributed by atoms with Gasteiger partial charge in [0.25, 0.3) is 0 Å². The molecule has 0 aliphatic rings. The number of H-pyrrole nitrogens is 2. The van der Waals surface area contributed by atoms with Crippen LogP contribution in [0.5, 0.6) is 0 Å². The van der Waals surface area contributed by atoms with E-state index in [4.69, 9.17) is 4.98 Å². The number of rotatable bonds is 8. The second kappa shape index (κ2) is 10.7. The summed E-state index contributed by atoms with van der Waals surface area (Å²) in [6.45, 7) is 7.86. The summed E-state index contributed by atoms with van der Waals surface area (Å²) in [5, 5.41) is 11.9. The second-order valence-electron chi connectivity index (χ2n) is 8.83. The minimum atomic E-state index is -0.275. The van der Waals surface area contributed by atoms with Crippen LogP contribution in [0.2, 0.25) is 0 Å². The van der Waals surface area contributed by atoms with Crippen LogP contribution in [0.15, 0.2) is 83.5 Å². The van der Waals surface area contributed by atoms with Gasteiger partial charge in [-0.3, -0.25) is 10.1 Å². The summed E-state index contributed by atoms with van der Waals surface area (Å²) in [5.74, 6) is 0.352. The average Bonchev–Trinajstić information content (AvgIpc) is 3.54. The lowest BCUT2D eigenvalue weighted by atomic mass is 10.0. The van der Waals surface area contributed by atoms with Crippen molar-refractivity contribution in [2.24, 2.45) is 4.99 Å². The Kier molecular flexibility index (Phi) is 7.05. The fraction of sp³-hybridized carbons (Fsp3) is 0.167. The quantitative estimate of drug-likeness (QED) is 0.206. The summed E-state index contributed by atoms with van der Waals surface area (Å²) in [7, 11) is 0. The molecule has 0 amide bonds. The number of fused-ring (bicyclic) bond motifs is 2. The summed E-state index contributed by atoms with van der Waals surface area (Å²) in [5.41, 5.74) is 7.64. The van der Waals surface area contributed by atoms with Gasteiger partial charge in [-0.05, 0) is 61.4 Å². The first-order valence-electron chi connectivity index (χ1n) is 12.4. The van der Waals surface area contributed by atoms with Gasteiger partial charge in [0.15, 0.2) is 5.82 Å². The van der Waals surface area contributed by atoms with E-state index in [1.165, 1.54) is 6.07 Å². The molecule has 2 heterocycles. The van der Waals surface area contributed by atoms with Gasteiger partial charge in [-0.1, -0.05) is 49.4 Å². The lowest BCUT2D eigenvalue weighted by Gasteiger charge is -2.03. The molecule has 3 aromatic carbocycles. The molecule has 0 aliphatic carbocycles. The van der Waals surface area contributed by atoms with Crippen LogP contribution < -0.4 is 5.32 Å². The van der Waals surface area contributed by atoms with Gasteiger partial charge in [0, 0.05) is 35.5 Å². The maximum absolute atomic E-state index is 14.5. The molecule has 0 radical (unpaired) electrons. The molecule has 7 heteroatoms. The van der Waals surface area contributed by atoms with Crippen LogP contribution in [-0.2, 0) is 0 Å². The topological polar surface area (TPSA) is 81.8 Å². The Hall–Kier alpha value is -4.36. The molecule has 0 fully saturated rings. The molecular formula is C30H29FN6. The number of para-hydroxylation sites is 1. The first-order valence-corrected chi connectivity index (χ1v) is 12.4. The Bertz CT molecular complexity index is 1650. The number of hydrogen-bond donors (Lipinski definition) is 3. The van der Waals surface area contributed by atoms with E-state index in [2.05, 4.69) is 50.6 Å². The van der Waals surface area contributed by atoms with Gasteiger partial charge < -0.3 is 10.3 Å². The molecule has 5 rings (SSSR count). The summed E-state index contributed by atoms with van der Waals surface area (Å²) in [6, 6.07) is 18.6. The van der Waals surface area contributed by atoms with Crippen LogP contribution >= 0.6 is 0 Å². The van der Waals surface area contributed by atoms with E-state index in [-0.39, 0.29) is 5.82 Å². The molecule has 0 unspecified atom stereocenters. The number of hydrogen-bond acceptors (Lipinski definition) is 4. The largest absolute Gasteiger partial charge is 0.337 e. The number of imidazole rings is 1. The van der Waals surface area contributed by atoms with Gasteiger partial charge >= 0.3 is 0 Å². The van der Waals surface area contributed by atoms with Crippen molar-refractivity contribution in [1.82, 2.24) is 25.5 Å². The lowest BCUT2D eigenvalue weighted by Crippen LogP contribution is -2.16. The van der Waals surface area contributed by atoms with Gasteiger partial charge in [-0.2, -0.15) is 5.10 Å². The molecule has 5 aromatic rings. The van der Waals surface area contributed by atoms with Crippen molar-refractivity contribution in [1.29, 1.82) is 0 Å². The third-order valence-corrected chi connectivity index (χ3v) is 6.38. The number of nitrogens with one attached hydrogen (secondary N) is 3. The van der Waals surface area contributed by atoms with E-state index < -0.39 is 0 Å². The van der Waals surface area contributed by atoms with Crippen molar-refractivity contribution < 1.29 is 4.39 Å². The predicted molar refractivity (Wildman–Crippen MR) is 151 cm³/mol. The molecule has 6 nitrogen and oxygen atoms in total. The van der Waals surface area contributed by atoms with Crippen LogP contribution in [-0.4, -0.2) is 39.5 Å². The lowest BCUT2D eigenvalue weighted by molar-refractivity contribution is 0.631. The van der Waals surface area contributed by atoms with Crippen LogP contribution in [0.25, 0.3) is 50.2 Å². The van der Waals surface area contributed by atoms with E-state index in [1.807, 2.05) is 56.6 Å². The van der Waals surface area contributed by atoms with Crippen LogP contribution in [0.3, 0.4) is 0 Å². The number of likely N-dealkylation sites (N-methyl/N-ethyl adjacent to an activating group) is 1. The molecule has 0 saturated carbocycles. The number of aromatic amines is 2. The molecule has 0 bridgehead atoms. The highest BCUT2D eigenvalue weighted by atomic mass is 19.1. The molecule has 0 atom stereocenters. The average molecular weight is 493 g/mol. The zero-order chi connectivity index (χ0) is 25.8. The Labute approximate surface area is 215 Å². The Morgan fingerprint density at radius 2 is 1.89 bits per heavy atom. The predicted octanol–water partition coefficient (Wildman–Crippen LogP) is 6.90. The number of nitrogens with zero attached hydrogens (tertiary/aromatic N) is 3. The fourth-order valence-corrected chi connectivity index (χ4v) is 4.29. The van der Waals surface area contributed by atoms with Gasteiger partial charge in [0.1, 0.15) is 11.5 Å². The molecule has 0 spiro atoms. The van der Waals surface area contributed by atoms with E-state index in [1.54, 1.807) is 12.1 Å². The highest BCUT2D eigenvalue weighted by Crippen LogP contribution is 2.33. The highest BCUT2D eigenvalue weighted by molar-refractivity contribution is 5.98. The van der Waals surface area contributed by atoms with E-state index >= 15 is 0 Å². The number of aromatic nitrogens is 4. The van der Waals surface area contributed by atoms with Crippen molar-refractivity contribution in [3.05, 3.63) is 89.9 Å². The van der Waals surface area contributed by atoms with E-state index in [0.717, 1.165) is 51.8 Å². The first-order chi connectivity index (χ1) is 18.1. The van der Waals surface area contributed by atoms with Crippen LogP contribution in [0.4, 0.5) is 4.39 Å². The van der Waals surface area contributed by atoms with Crippen molar-refractivity contribution in [2.75, 3.05) is 13.1 Å². The third kappa shape index (κ3) is 4.99. The zero-order valence-electron chi connectivity index (χ0n) is 21.1. The molecule has 186 valence electrons. The third-order valence-electron chi connectivity index (χ3n) is 6.38. The minimum absolute atomic E-state index is 0.275. The monoisotopic (exact) mass is 492 g/mol. The summed E-state index contributed by atoms with van der Waals surface area (Å²) in [6.07, 6.45) is 5.82. The number of benzene rings is 3. The van der Waals surface area contributed by atoms with E-state index in [9.17, 15) is 4.39 Å². The summed E-state index contributed by atoms with van der Waals surface area (Å²) < 4.78 is 14.5. The number of aliphatic imine (C=N–C) groups is 1. The molecule has 3 N–H and O–H groups in total. The minimum Gasteiger partial charge on any atom is -0.337 e. The number of halogens is 1. The summed E-state index contributed by atoms with van der Waals surface area (Å²) in [4.78, 5) is 12.7. The Morgan fingerprint density at radius 1 is 1.05 bits per heavy atom. The SMILES string of the molecule is C\C=C(/C=N\C=C(/C)c1ccc2[nH]nc(-c3nc4c(-c5ccccc5F)cccc4[nH]3)c2c1)CNCC. The van der Waals surface area contributed by atoms with Crippen molar-refractivity contribution in [3.8, 4) is 22.6 Å². The van der Waals surface area contributed by atoms with Crippen LogP contribution in [0.1, 0.15) is 26.3 Å². The standard InChI is InChI=1S/C30H29FN6/c1-4-20(17-32-5-2)18-33-16-19(3)21-13-14-26-24(15-21)29(37-36-26)30-34-27-12-8-10-23(28(27)35-30)22-9-6-7-11-25(22)31/h4,6-16,18,32H,5,17H2,1-3H3,(H,34,35)(H,36,37)/b19-16+,20-4-,33-18-. The van der Waals surface area contributed by atoms with E-state index in [0.29, 0.717) is 22.6 Å². The van der Waals surface area contributed by atoms with Gasteiger partial charge in [0.05, 0.1) is 16.6 Å². The first kappa shape index (κ1) is 24.3. The maximum Gasteiger partial charge on any atom is 0.159 e. The van der Waals surface area contributed by atoms with Crippen molar-refractivity contribution >= 4 is 33.7 Å². The second-order valence-corrected chi connectivity index (χ2v) is 8.83. The van der Waals surface area contributed by atoms with Gasteiger partial charge in [-0.25, -0.2) is 9.37 Å². The Balaban J connectivity index is 1.50. The molecular weight excluding hydrogens is 463 g/mol. The van der Waals surface area contributed by atoms with Gasteiger partial charge in [-0.15, -0.1) is 0 Å². The molecule has 37 heavy (non-hydrogen) atoms.